The Morgan fingerprint density at radius 1 is 1.33 bits per heavy atom. The lowest BCUT2D eigenvalue weighted by Crippen LogP contribution is -2.29. The third-order valence-electron chi connectivity index (χ3n) is 3.02. The van der Waals surface area contributed by atoms with Gasteiger partial charge in [0.05, 0.1) is 17.8 Å². The van der Waals surface area contributed by atoms with Gasteiger partial charge in [-0.05, 0) is 23.6 Å². The smallest absolute Gasteiger partial charge is 0.0710 e. The second-order valence-electron chi connectivity index (χ2n) is 4.13. The van der Waals surface area contributed by atoms with E-state index in [1.807, 2.05) is 29.0 Å². The number of fused-ring (bicyclic) bond motifs is 1. The summed E-state index contributed by atoms with van der Waals surface area (Å²) < 4.78 is 1.87. The van der Waals surface area contributed by atoms with Crippen molar-refractivity contribution in [3.8, 4) is 0 Å². The summed E-state index contributed by atoms with van der Waals surface area (Å²) in [6, 6.07) is 10.3. The van der Waals surface area contributed by atoms with Crippen molar-refractivity contribution in [2.24, 2.45) is 5.84 Å². The molecule has 92 valence electrons. The Morgan fingerprint density at radius 2 is 2.28 bits per heavy atom. The van der Waals surface area contributed by atoms with Crippen LogP contribution in [0.2, 0.25) is 0 Å². The Bertz CT molecular complexity index is 629. The summed E-state index contributed by atoms with van der Waals surface area (Å²) in [6.07, 6.45) is 4.70. The Balaban J connectivity index is 1.96. The van der Waals surface area contributed by atoms with Crippen molar-refractivity contribution >= 4 is 16.9 Å². The monoisotopic (exact) mass is 258 g/mol. The van der Waals surface area contributed by atoms with E-state index in [-0.39, 0.29) is 6.04 Å². The maximum absolute atomic E-state index is 5.69. The molecule has 3 aromatic rings. The van der Waals surface area contributed by atoms with Gasteiger partial charge < -0.3 is 0 Å². The average molecular weight is 258 g/mol. The highest BCUT2D eigenvalue weighted by Gasteiger charge is 2.15. The van der Waals surface area contributed by atoms with Gasteiger partial charge in [0.1, 0.15) is 0 Å². The maximum atomic E-state index is 5.69. The number of aromatic nitrogens is 2. The number of rotatable bonds is 4. The fourth-order valence-electron chi connectivity index (χ4n) is 2.11. The van der Waals surface area contributed by atoms with E-state index in [4.69, 9.17) is 5.84 Å². The summed E-state index contributed by atoms with van der Waals surface area (Å²) in [4.78, 5) is 1.31. The highest BCUT2D eigenvalue weighted by atomic mass is 32.1. The molecule has 5 heteroatoms. The molecule has 0 saturated carbocycles. The van der Waals surface area contributed by atoms with E-state index in [1.165, 1.54) is 4.88 Å². The first-order valence-electron chi connectivity index (χ1n) is 5.79. The van der Waals surface area contributed by atoms with Crippen molar-refractivity contribution in [3.05, 3.63) is 58.5 Å². The van der Waals surface area contributed by atoms with Crippen LogP contribution in [-0.2, 0) is 6.42 Å². The zero-order valence-electron chi connectivity index (χ0n) is 9.78. The standard InChI is InChI=1S/C13H14N4S/c14-16-12(8-10-4-3-7-18-10)11-9-15-17-6-2-1-5-13(11)17/h1-7,9,12,16H,8,14H2. The molecule has 3 aromatic heterocycles. The van der Waals surface area contributed by atoms with Crippen LogP contribution in [0, 0.1) is 0 Å². The molecule has 0 saturated heterocycles. The van der Waals surface area contributed by atoms with E-state index in [1.54, 1.807) is 11.3 Å². The van der Waals surface area contributed by atoms with Crippen LogP contribution < -0.4 is 11.3 Å². The topological polar surface area (TPSA) is 55.3 Å². The number of nitrogens with one attached hydrogen (secondary N) is 1. The van der Waals surface area contributed by atoms with Gasteiger partial charge in [0, 0.05) is 23.1 Å². The van der Waals surface area contributed by atoms with Crippen LogP contribution in [0.4, 0.5) is 0 Å². The van der Waals surface area contributed by atoms with Crippen LogP contribution >= 0.6 is 11.3 Å². The third kappa shape index (κ3) is 2.03. The molecular formula is C13H14N4S. The summed E-state index contributed by atoms with van der Waals surface area (Å²) in [7, 11) is 0. The molecule has 0 spiro atoms. The molecule has 0 fully saturated rings. The largest absolute Gasteiger partial charge is 0.271 e. The summed E-state index contributed by atoms with van der Waals surface area (Å²) in [6.45, 7) is 0. The molecule has 0 aliphatic carbocycles. The van der Waals surface area contributed by atoms with Gasteiger partial charge in [0.2, 0.25) is 0 Å². The van der Waals surface area contributed by atoms with Gasteiger partial charge in [-0.3, -0.25) is 11.3 Å². The second-order valence-corrected chi connectivity index (χ2v) is 5.17. The van der Waals surface area contributed by atoms with Crippen molar-refractivity contribution in [2.75, 3.05) is 0 Å². The highest BCUT2D eigenvalue weighted by Crippen LogP contribution is 2.23. The molecule has 18 heavy (non-hydrogen) atoms. The molecule has 3 heterocycles. The molecule has 0 aliphatic heterocycles. The van der Waals surface area contributed by atoms with Gasteiger partial charge in [0.25, 0.3) is 0 Å². The number of thiophene rings is 1. The van der Waals surface area contributed by atoms with E-state index in [0.29, 0.717) is 0 Å². The van der Waals surface area contributed by atoms with E-state index in [0.717, 1.165) is 17.5 Å². The van der Waals surface area contributed by atoms with Crippen molar-refractivity contribution < 1.29 is 0 Å². The van der Waals surface area contributed by atoms with Crippen LogP contribution in [0.15, 0.2) is 48.1 Å². The quantitative estimate of drug-likeness (QED) is 0.557. The van der Waals surface area contributed by atoms with E-state index in [9.17, 15) is 0 Å². The summed E-state index contributed by atoms with van der Waals surface area (Å²) in [5.74, 6) is 5.69. The molecule has 0 amide bonds. The first-order valence-corrected chi connectivity index (χ1v) is 6.67. The molecule has 3 rings (SSSR count). The fourth-order valence-corrected chi connectivity index (χ4v) is 2.86. The lowest BCUT2D eigenvalue weighted by molar-refractivity contribution is 0.559. The molecule has 0 bridgehead atoms. The normalized spacial score (nSPS) is 12.9. The molecular weight excluding hydrogens is 244 g/mol. The molecule has 0 radical (unpaired) electrons. The van der Waals surface area contributed by atoms with Gasteiger partial charge in [-0.15, -0.1) is 11.3 Å². The van der Waals surface area contributed by atoms with Crippen LogP contribution in [0.3, 0.4) is 0 Å². The fraction of sp³-hybridized carbons (Fsp3) is 0.154. The minimum atomic E-state index is 0.0866. The lowest BCUT2D eigenvalue weighted by atomic mass is 10.1. The second kappa shape index (κ2) is 4.89. The number of hydrogen-bond donors (Lipinski definition) is 2. The minimum absolute atomic E-state index is 0.0866. The van der Waals surface area contributed by atoms with Crippen LogP contribution in [0.25, 0.3) is 5.52 Å². The third-order valence-corrected chi connectivity index (χ3v) is 3.92. The Labute approximate surface area is 109 Å². The predicted octanol–water partition coefficient (Wildman–Crippen LogP) is 2.14. The number of pyridine rings is 1. The van der Waals surface area contributed by atoms with Crippen molar-refractivity contribution in [1.82, 2.24) is 15.0 Å². The summed E-state index contributed by atoms with van der Waals surface area (Å²) in [5, 5.41) is 6.42. The van der Waals surface area contributed by atoms with Gasteiger partial charge in [-0.25, -0.2) is 4.52 Å². The Kier molecular flexibility index (Phi) is 3.10. The highest BCUT2D eigenvalue weighted by molar-refractivity contribution is 7.09. The van der Waals surface area contributed by atoms with Crippen molar-refractivity contribution in [3.63, 3.8) is 0 Å². The van der Waals surface area contributed by atoms with E-state index < -0.39 is 0 Å². The molecule has 1 atom stereocenters. The molecule has 0 aromatic carbocycles. The molecule has 0 aliphatic rings. The number of nitrogens with zero attached hydrogens (tertiary/aromatic N) is 2. The molecule has 4 nitrogen and oxygen atoms in total. The van der Waals surface area contributed by atoms with Crippen molar-refractivity contribution in [2.45, 2.75) is 12.5 Å². The lowest BCUT2D eigenvalue weighted by Gasteiger charge is -2.13. The SMILES string of the molecule is NNC(Cc1cccs1)c1cnn2ccccc12. The minimum Gasteiger partial charge on any atom is -0.271 e. The van der Waals surface area contributed by atoms with Crippen molar-refractivity contribution in [1.29, 1.82) is 0 Å². The first-order chi connectivity index (χ1) is 8.88. The van der Waals surface area contributed by atoms with E-state index in [2.05, 4.69) is 34.1 Å². The zero-order valence-corrected chi connectivity index (χ0v) is 10.6. The number of hydrogen-bond acceptors (Lipinski definition) is 4. The van der Waals surface area contributed by atoms with Gasteiger partial charge >= 0.3 is 0 Å². The van der Waals surface area contributed by atoms with Gasteiger partial charge in [0.15, 0.2) is 0 Å². The summed E-state index contributed by atoms with van der Waals surface area (Å²) >= 11 is 1.75. The Morgan fingerprint density at radius 3 is 3.06 bits per heavy atom. The van der Waals surface area contributed by atoms with E-state index >= 15 is 0 Å². The van der Waals surface area contributed by atoms with Crippen LogP contribution in [0.5, 0.6) is 0 Å². The summed E-state index contributed by atoms with van der Waals surface area (Å²) in [5.41, 5.74) is 5.11. The zero-order chi connectivity index (χ0) is 12.4. The van der Waals surface area contributed by atoms with Crippen LogP contribution in [0.1, 0.15) is 16.5 Å². The maximum Gasteiger partial charge on any atom is 0.0710 e. The number of hydrazine groups is 1. The molecule has 1 unspecified atom stereocenters. The average Bonchev–Trinajstić information content (AvgIpc) is 3.05. The number of nitrogens with two attached hydrogens (primary N) is 1. The van der Waals surface area contributed by atoms with Gasteiger partial charge in [-0.2, -0.15) is 5.10 Å². The van der Waals surface area contributed by atoms with Gasteiger partial charge in [-0.1, -0.05) is 12.1 Å². The van der Waals surface area contributed by atoms with Crippen LogP contribution in [-0.4, -0.2) is 9.61 Å². The Hall–Kier alpha value is -1.69. The first kappa shape index (κ1) is 11.4. The predicted molar refractivity (Wildman–Crippen MR) is 73.3 cm³/mol. The molecule has 3 N–H and O–H groups in total.